The first kappa shape index (κ1) is 15.5. The normalized spacial score (nSPS) is 20.7. The maximum atomic E-state index is 4.38. The summed E-state index contributed by atoms with van der Waals surface area (Å²) in [7, 11) is 0. The Morgan fingerprint density at radius 1 is 1.45 bits per heavy atom. The van der Waals surface area contributed by atoms with Gasteiger partial charge in [0.05, 0.1) is 12.0 Å². The molecular formula is C16H30N4. The number of nitrogens with one attached hydrogen (secondary N) is 1. The molecular weight excluding hydrogens is 248 g/mol. The van der Waals surface area contributed by atoms with Crippen molar-refractivity contribution in [1.29, 1.82) is 0 Å². The molecule has 114 valence electrons. The van der Waals surface area contributed by atoms with E-state index in [1.807, 2.05) is 12.5 Å². The topological polar surface area (TPSA) is 33.1 Å². The molecule has 0 aliphatic carbocycles. The molecule has 2 rings (SSSR count). The molecule has 0 radical (unpaired) electrons. The SMILES string of the molecule is CCN(CC)CCCC(C)n1cncc1C1CCCN1. The van der Waals surface area contributed by atoms with Crippen LogP contribution in [0.25, 0.3) is 0 Å². The third-order valence-electron chi connectivity index (χ3n) is 4.58. The summed E-state index contributed by atoms with van der Waals surface area (Å²) in [5.74, 6) is 0. The maximum Gasteiger partial charge on any atom is 0.0951 e. The average Bonchev–Trinajstić information content (AvgIpc) is 3.12. The van der Waals surface area contributed by atoms with Crippen LogP contribution in [-0.4, -0.2) is 40.6 Å². The monoisotopic (exact) mass is 278 g/mol. The summed E-state index contributed by atoms with van der Waals surface area (Å²) in [6, 6.07) is 1.06. The summed E-state index contributed by atoms with van der Waals surface area (Å²) in [5.41, 5.74) is 1.37. The zero-order chi connectivity index (χ0) is 14.4. The van der Waals surface area contributed by atoms with E-state index in [0.717, 1.165) is 19.6 Å². The Labute approximate surface area is 123 Å². The van der Waals surface area contributed by atoms with E-state index in [-0.39, 0.29) is 0 Å². The van der Waals surface area contributed by atoms with Crippen LogP contribution >= 0.6 is 0 Å². The third-order valence-corrected chi connectivity index (χ3v) is 4.58. The summed E-state index contributed by atoms with van der Waals surface area (Å²) >= 11 is 0. The van der Waals surface area contributed by atoms with Gasteiger partial charge in [0, 0.05) is 18.3 Å². The second kappa shape index (κ2) is 7.79. The molecule has 1 aromatic rings. The second-order valence-corrected chi connectivity index (χ2v) is 5.89. The maximum absolute atomic E-state index is 4.38. The Morgan fingerprint density at radius 2 is 2.25 bits per heavy atom. The van der Waals surface area contributed by atoms with Gasteiger partial charge in [-0.05, 0) is 58.8 Å². The lowest BCUT2D eigenvalue weighted by Gasteiger charge is -2.22. The van der Waals surface area contributed by atoms with E-state index in [1.54, 1.807) is 0 Å². The van der Waals surface area contributed by atoms with Gasteiger partial charge < -0.3 is 14.8 Å². The lowest BCUT2D eigenvalue weighted by atomic mass is 10.1. The van der Waals surface area contributed by atoms with Crippen molar-refractivity contribution in [3.05, 3.63) is 18.2 Å². The van der Waals surface area contributed by atoms with Gasteiger partial charge in [0.1, 0.15) is 0 Å². The molecule has 4 heteroatoms. The Hall–Kier alpha value is -0.870. The lowest BCUT2D eigenvalue weighted by molar-refractivity contribution is 0.287. The van der Waals surface area contributed by atoms with Gasteiger partial charge in [-0.3, -0.25) is 0 Å². The largest absolute Gasteiger partial charge is 0.330 e. The van der Waals surface area contributed by atoms with Gasteiger partial charge in [0.15, 0.2) is 0 Å². The zero-order valence-corrected chi connectivity index (χ0v) is 13.3. The first-order valence-corrected chi connectivity index (χ1v) is 8.23. The van der Waals surface area contributed by atoms with Crippen LogP contribution in [0.4, 0.5) is 0 Å². The number of hydrogen-bond acceptors (Lipinski definition) is 3. The van der Waals surface area contributed by atoms with Crippen LogP contribution in [-0.2, 0) is 0 Å². The average molecular weight is 278 g/mol. The quantitative estimate of drug-likeness (QED) is 0.793. The number of nitrogens with zero attached hydrogens (tertiary/aromatic N) is 3. The molecule has 0 aromatic carbocycles. The van der Waals surface area contributed by atoms with Gasteiger partial charge >= 0.3 is 0 Å². The smallest absolute Gasteiger partial charge is 0.0951 e. The minimum absolute atomic E-state index is 0.516. The van der Waals surface area contributed by atoms with Gasteiger partial charge in [-0.15, -0.1) is 0 Å². The molecule has 2 unspecified atom stereocenters. The van der Waals surface area contributed by atoms with E-state index < -0.39 is 0 Å². The van der Waals surface area contributed by atoms with Crippen molar-refractivity contribution in [3.8, 4) is 0 Å². The van der Waals surface area contributed by atoms with Gasteiger partial charge in [-0.2, -0.15) is 0 Å². The minimum Gasteiger partial charge on any atom is -0.330 e. The Balaban J connectivity index is 1.86. The molecule has 0 bridgehead atoms. The number of aromatic nitrogens is 2. The van der Waals surface area contributed by atoms with E-state index in [1.165, 1.54) is 37.9 Å². The van der Waals surface area contributed by atoms with Gasteiger partial charge in [-0.25, -0.2) is 4.98 Å². The van der Waals surface area contributed by atoms with Crippen LogP contribution < -0.4 is 5.32 Å². The lowest BCUT2D eigenvalue weighted by Crippen LogP contribution is -2.24. The predicted molar refractivity (Wildman–Crippen MR) is 83.9 cm³/mol. The third kappa shape index (κ3) is 3.83. The predicted octanol–water partition coefficient (Wildman–Crippen LogP) is 2.99. The fourth-order valence-electron chi connectivity index (χ4n) is 3.18. The molecule has 1 N–H and O–H groups in total. The fraction of sp³-hybridized carbons (Fsp3) is 0.812. The molecule has 1 aliphatic rings. The van der Waals surface area contributed by atoms with Crippen molar-refractivity contribution in [3.63, 3.8) is 0 Å². The summed E-state index contributed by atoms with van der Waals surface area (Å²) in [5, 5.41) is 3.58. The van der Waals surface area contributed by atoms with Crippen molar-refractivity contribution in [2.45, 2.75) is 58.5 Å². The molecule has 20 heavy (non-hydrogen) atoms. The highest BCUT2D eigenvalue weighted by Crippen LogP contribution is 2.26. The highest BCUT2D eigenvalue weighted by molar-refractivity contribution is 5.08. The Kier molecular flexibility index (Phi) is 6.05. The molecule has 4 nitrogen and oxygen atoms in total. The standard InChI is InChI=1S/C16H30N4/c1-4-19(5-2)11-7-8-14(3)20-13-17-12-16(20)15-9-6-10-18-15/h12-15,18H,4-11H2,1-3H3. The number of imidazole rings is 1. The molecule has 2 heterocycles. The summed E-state index contributed by atoms with van der Waals surface area (Å²) in [6.45, 7) is 11.5. The van der Waals surface area contributed by atoms with Crippen molar-refractivity contribution < 1.29 is 0 Å². The van der Waals surface area contributed by atoms with E-state index in [9.17, 15) is 0 Å². The summed E-state index contributed by atoms with van der Waals surface area (Å²) in [4.78, 5) is 6.88. The van der Waals surface area contributed by atoms with Crippen LogP contribution in [0.1, 0.15) is 64.2 Å². The van der Waals surface area contributed by atoms with E-state index in [2.05, 4.69) is 40.5 Å². The van der Waals surface area contributed by atoms with Crippen LogP contribution in [0.2, 0.25) is 0 Å². The molecule has 1 aromatic heterocycles. The van der Waals surface area contributed by atoms with Crippen LogP contribution in [0, 0.1) is 0 Å². The van der Waals surface area contributed by atoms with E-state index in [0.29, 0.717) is 12.1 Å². The molecule has 1 saturated heterocycles. The Bertz CT molecular complexity index is 378. The molecule has 0 spiro atoms. The van der Waals surface area contributed by atoms with Gasteiger partial charge in [0.25, 0.3) is 0 Å². The zero-order valence-electron chi connectivity index (χ0n) is 13.3. The van der Waals surface area contributed by atoms with Crippen LogP contribution in [0.15, 0.2) is 12.5 Å². The van der Waals surface area contributed by atoms with Crippen molar-refractivity contribution in [1.82, 2.24) is 19.8 Å². The molecule has 0 saturated carbocycles. The fourth-order valence-corrected chi connectivity index (χ4v) is 3.18. The second-order valence-electron chi connectivity index (χ2n) is 5.89. The first-order chi connectivity index (χ1) is 9.76. The summed E-state index contributed by atoms with van der Waals surface area (Å²) < 4.78 is 2.38. The van der Waals surface area contributed by atoms with Crippen molar-refractivity contribution in [2.24, 2.45) is 0 Å². The number of hydrogen-bond donors (Lipinski definition) is 1. The van der Waals surface area contributed by atoms with Crippen LogP contribution in [0.5, 0.6) is 0 Å². The van der Waals surface area contributed by atoms with E-state index in [4.69, 9.17) is 0 Å². The molecule has 1 aliphatic heterocycles. The van der Waals surface area contributed by atoms with Gasteiger partial charge in [0.2, 0.25) is 0 Å². The highest BCUT2D eigenvalue weighted by Gasteiger charge is 2.21. The minimum atomic E-state index is 0.516. The van der Waals surface area contributed by atoms with E-state index >= 15 is 0 Å². The Morgan fingerprint density at radius 3 is 2.90 bits per heavy atom. The van der Waals surface area contributed by atoms with Crippen molar-refractivity contribution in [2.75, 3.05) is 26.2 Å². The number of rotatable bonds is 8. The van der Waals surface area contributed by atoms with Crippen molar-refractivity contribution >= 4 is 0 Å². The highest BCUT2D eigenvalue weighted by atomic mass is 15.1. The van der Waals surface area contributed by atoms with Crippen LogP contribution in [0.3, 0.4) is 0 Å². The summed E-state index contributed by atoms with van der Waals surface area (Å²) in [6.07, 6.45) is 9.08. The first-order valence-electron chi connectivity index (χ1n) is 8.23. The van der Waals surface area contributed by atoms with Gasteiger partial charge in [-0.1, -0.05) is 13.8 Å². The molecule has 2 atom stereocenters. The molecule has 1 fully saturated rings. The molecule has 0 amide bonds.